The van der Waals surface area contributed by atoms with Crippen molar-refractivity contribution >= 4 is 17.4 Å². The average Bonchev–Trinajstić information content (AvgIpc) is 3.37. The second-order valence-electron chi connectivity index (χ2n) is 10.8. The molecule has 2 aromatic carbocycles. The van der Waals surface area contributed by atoms with Crippen molar-refractivity contribution in [2.24, 2.45) is 11.8 Å². The van der Waals surface area contributed by atoms with Gasteiger partial charge >= 0.3 is 6.36 Å². The summed E-state index contributed by atoms with van der Waals surface area (Å²) in [5.74, 6) is 1.20. The van der Waals surface area contributed by atoms with Crippen molar-refractivity contribution in [1.29, 1.82) is 0 Å². The number of oxazole rings is 1. The number of hydrogen-bond acceptors (Lipinski definition) is 7. The van der Waals surface area contributed by atoms with Gasteiger partial charge in [0, 0.05) is 42.5 Å². The molecular formula is C29H33F3N4O4. The van der Waals surface area contributed by atoms with Gasteiger partial charge in [0.2, 0.25) is 0 Å². The molecule has 11 heteroatoms. The van der Waals surface area contributed by atoms with Crippen LogP contribution in [-0.4, -0.2) is 35.4 Å². The number of alkyl halides is 3. The van der Waals surface area contributed by atoms with E-state index in [0.717, 1.165) is 57.3 Å². The largest absolute Gasteiger partial charge is 0.573 e. The first-order valence-corrected chi connectivity index (χ1v) is 13.7. The summed E-state index contributed by atoms with van der Waals surface area (Å²) in [7, 11) is 0. The number of rotatable bonds is 8. The standard InChI is InChI=1S/C29H33F3N4O4/c1-19-15-24(40-29(30,31)32)12-13-25(19)27-17-33-28(39-27)34-26-7-3-2-6-21(26)16-20-5-4-14-35(18-20)22-8-10-23(11-9-22)36(37)38/h8-13,15,17,20-21,26H,2-7,14,16,18H2,1H3,(H,33,34)/t20-,21+,26-/m1/s1. The molecule has 0 radical (unpaired) electrons. The highest BCUT2D eigenvalue weighted by Crippen LogP contribution is 2.36. The van der Waals surface area contributed by atoms with Crippen molar-refractivity contribution in [3.05, 3.63) is 64.3 Å². The number of anilines is 2. The van der Waals surface area contributed by atoms with E-state index in [1.165, 1.54) is 18.6 Å². The maximum absolute atomic E-state index is 12.6. The molecule has 1 aliphatic heterocycles. The second kappa shape index (κ2) is 11.8. The van der Waals surface area contributed by atoms with Gasteiger partial charge in [0.15, 0.2) is 5.76 Å². The van der Waals surface area contributed by atoms with E-state index in [0.29, 0.717) is 34.7 Å². The number of non-ortho nitro benzene ring substituents is 1. The zero-order valence-corrected chi connectivity index (χ0v) is 22.3. The van der Waals surface area contributed by atoms with E-state index in [1.807, 2.05) is 12.1 Å². The summed E-state index contributed by atoms with van der Waals surface area (Å²) in [6, 6.07) is 11.6. The number of nitrogens with one attached hydrogen (secondary N) is 1. The number of ether oxygens (including phenoxy) is 1. The summed E-state index contributed by atoms with van der Waals surface area (Å²) in [5, 5.41) is 14.5. The van der Waals surface area contributed by atoms with Gasteiger partial charge in [0.05, 0.1) is 11.1 Å². The number of halogens is 3. The fraction of sp³-hybridized carbons (Fsp3) is 0.483. The molecule has 0 bridgehead atoms. The Labute approximate surface area is 230 Å². The first kappa shape index (κ1) is 27.8. The maximum atomic E-state index is 12.6. The first-order chi connectivity index (χ1) is 19.1. The van der Waals surface area contributed by atoms with Crippen LogP contribution in [-0.2, 0) is 0 Å². The molecule has 1 aromatic heterocycles. The molecule has 2 heterocycles. The highest BCUT2D eigenvalue weighted by atomic mass is 19.4. The molecular weight excluding hydrogens is 525 g/mol. The Morgan fingerprint density at radius 2 is 1.90 bits per heavy atom. The summed E-state index contributed by atoms with van der Waals surface area (Å²) in [6.07, 6.45) is 4.62. The van der Waals surface area contributed by atoms with E-state index in [-0.39, 0.29) is 22.4 Å². The van der Waals surface area contributed by atoms with Crippen LogP contribution < -0.4 is 15.0 Å². The van der Waals surface area contributed by atoms with Gasteiger partial charge in [-0.2, -0.15) is 0 Å². The highest BCUT2D eigenvalue weighted by molar-refractivity contribution is 5.63. The molecule has 2 fully saturated rings. The molecule has 2 aliphatic rings. The number of nitrogens with zero attached hydrogens (tertiary/aromatic N) is 3. The number of nitro groups is 1. The van der Waals surface area contributed by atoms with E-state index in [4.69, 9.17) is 4.42 Å². The molecule has 3 aromatic rings. The molecule has 1 saturated heterocycles. The smallest absolute Gasteiger partial charge is 0.424 e. The lowest BCUT2D eigenvalue weighted by molar-refractivity contribution is -0.384. The lowest BCUT2D eigenvalue weighted by Gasteiger charge is -2.39. The molecule has 1 N–H and O–H groups in total. The zero-order valence-electron chi connectivity index (χ0n) is 22.3. The van der Waals surface area contributed by atoms with Crippen molar-refractivity contribution in [3.63, 3.8) is 0 Å². The minimum Gasteiger partial charge on any atom is -0.424 e. The van der Waals surface area contributed by atoms with Crippen molar-refractivity contribution in [2.75, 3.05) is 23.3 Å². The lowest BCUT2D eigenvalue weighted by Crippen LogP contribution is -2.39. The molecule has 0 amide bonds. The van der Waals surface area contributed by atoms with Crippen LogP contribution in [0.5, 0.6) is 5.75 Å². The molecule has 214 valence electrons. The third-order valence-electron chi connectivity index (χ3n) is 8.00. The summed E-state index contributed by atoms with van der Waals surface area (Å²) in [6.45, 7) is 3.58. The quantitative estimate of drug-likeness (QED) is 0.223. The monoisotopic (exact) mass is 558 g/mol. The third-order valence-corrected chi connectivity index (χ3v) is 8.00. The number of aryl methyl sites for hydroxylation is 1. The molecule has 0 unspecified atom stereocenters. The molecule has 0 spiro atoms. The number of nitro benzene ring substituents is 1. The van der Waals surface area contributed by atoms with E-state index in [2.05, 4.69) is 19.9 Å². The van der Waals surface area contributed by atoms with Crippen LogP contribution in [0.15, 0.2) is 53.1 Å². The molecule has 5 rings (SSSR count). The summed E-state index contributed by atoms with van der Waals surface area (Å²) < 4.78 is 47.7. The Balaban J connectivity index is 1.21. The predicted molar refractivity (Wildman–Crippen MR) is 145 cm³/mol. The Bertz CT molecular complexity index is 1310. The predicted octanol–water partition coefficient (Wildman–Crippen LogP) is 7.73. The van der Waals surface area contributed by atoms with E-state index < -0.39 is 6.36 Å². The third kappa shape index (κ3) is 6.86. The van der Waals surface area contributed by atoms with Crippen LogP contribution in [0.25, 0.3) is 11.3 Å². The van der Waals surface area contributed by atoms with Crippen LogP contribution >= 0.6 is 0 Å². The summed E-state index contributed by atoms with van der Waals surface area (Å²) >= 11 is 0. The number of aromatic nitrogens is 1. The number of piperidine rings is 1. The minimum absolute atomic E-state index is 0.103. The Morgan fingerprint density at radius 1 is 1.12 bits per heavy atom. The maximum Gasteiger partial charge on any atom is 0.573 e. The molecule has 8 nitrogen and oxygen atoms in total. The topological polar surface area (TPSA) is 93.7 Å². The number of hydrogen-bond donors (Lipinski definition) is 1. The van der Waals surface area contributed by atoms with Crippen molar-refractivity contribution < 1.29 is 27.2 Å². The minimum atomic E-state index is -4.74. The van der Waals surface area contributed by atoms with Crippen LogP contribution in [0.1, 0.15) is 50.5 Å². The lowest BCUT2D eigenvalue weighted by atomic mass is 9.77. The molecule has 40 heavy (non-hydrogen) atoms. The van der Waals surface area contributed by atoms with E-state index >= 15 is 0 Å². The van der Waals surface area contributed by atoms with Crippen LogP contribution in [0.3, 0.4) is 0 Å². The van der Waals surface area contributed by atoms with Gasteiger partial charge in [-0.05, 0) is 86.8 Å². The summed E-state index contributed by atoms with van der Waals surface area (Å²) in [4.78, 5) is 17.4. The van der Waals surface area contributed by atoms with Gasteiger partial charge in [-0.1, -0.05) is 12.8 Å². The van der Waals surface area contributed by atoms with Gasteiger partial charge in [-0.3, -0.25) is 10.1 Å². The van der Waals surface area contributed by atoms with E-state index in [9.17, 15) is 23.3 Å². The normalized spacial score (nSPS) is 21.7. The fourth-order valence-electron chi connectivity index (χ4n) is 6.12. The van der Waals surface area contributed by atoms with Crippen molar-refractivity contribution in [1.82, 2.24) is 4.98 Å². The Hall–Kier alpha value is -3.76. The second-order valence-corrected chi connectivity index (χ2v) is 10.8. The fourth-order valence-corrected chi connectivity index (χ4v) is 6.12. The number of benzene rings is 2. The van der Waals surface area contributed by atoms with Crippen molar-refractivity contribution in [3.8, 4) is 17.1 Å². The van der Waals surface area contributed by atoms with Gasteiger partial charge < -0.3 is 19.4 Å². The van der Waals surface area contributed by atoms with Gasteiger partial charge in [0.1, 0.15) is 5.75 Å². The van der Waals surface area contributed by atoms with Crippen LogP contribution in [0.4, 0.5) is 30.6 Å². The van der Waals surface area contributed by atoms with Crippen LogP contribution in [0.2, 0.25) is 0 Å². The van der Waals surface area contributed by atoms with Gasteiger partial charge in [-0.25, -0.2) is 4.98 Å². The first-order valence-electron chi connectivity index (χ1n) is 13.7. The Morgan fingerprint density at radius 3 is 2.62 bits per heavy atom. The molecule has 1 aliphatic carbocycles. The summed E-state index contributed by atoms with van der Waals surface area (Å²) in [5.41, 5.74) is 2.37. The average molecular weight is 559 g/mol. The molecule has 3 atom stereocenters. The van der Waals surface area contributed by atoms with E-state index in [1.54, 1.807) is 31.3 Å². The Kier molecular flexibility index (Phi) is 8.18. The SMILES string of the molecule is Cc1cc(OC(F)(F)F)ccc1-c1cnc(N[C@@H]2CCCC[C@H]2C[C@H]2CCCN(c3ccc([N+](=O)[O-])cc3)C2)o1. The van der Waals surface area contributed by atoms with Crippen LogP contribution in [0, 0.1) is 28.9 Å². The zero-order chi connectivity index (χ0) is 28.3. The molecule has 1 saturated carbocycles. The van der Waals surface area contributed by atoms with Crippen molar-refractivity contribution in [2.45, 2.75) is 64.3 Å². The highest BCUT2D eigenvalue weighted by Gasteiger charge is 2.32. The van der Waals surface area contributed by atoms with Gasteiger partial charge in [-0.15, -0.1) is 13.2 Å². The van der Waals surface area contributed by atoms with Gasteiger partial charge in [0.25, 0.3) is 11.7 Å².